The third-order valence-corrected chi connectivity index (χ3v) is 5.19. The van der Waals surface area contributed by atoms with Gasteiger partial charge in [0.2, 0.25) is 5.91 Å². The Morgan fingerprint density at radius 1 is 1.23 bits per heavy atom. The first kappa shape index (κ1) is 16.8. The van der Waals surface area contributed by atoms with Crippen molar-refractivity contribution in [3.63, 3.8) is 0 Å². The van der Waals surface area contributed by atoms with Gasteiger partial charge in [-0.3, -0.25) is 9.78 Å². The molecule has 1 saturated heterocycles. The van der Waals surface area contributed by atoms with E-state index in [4.69, 9.17) is 0 Å². The molecule has 1 atom stereocenters. The van der Waals surface area contributed by atoms with Crippen LogP contribution in [0, 0.1) is 5.92 Å². The number of pyridine rings is 2. The molecule has 3 aromatic rings. The van der Waals surface area contributed by atoms with Crippen LogP contribution >= 0.6 is 0 Å². The summed E-state index contributed by atoms with van der Waals surface area (Å²) in [6.45, 7) is 4.65. The number of carbonyl (C=O) groups is 1. The fourth-order valence-electron chi connectivity index (χ4n) is 3.86. The lowest BCUT2D eigenvalue weighted by atomic mass is 10.00. The Labute approximate surface area is 153 Å². The van der Waals surface area contributed by atoms with E-state index >= 15 is 0 Å². The third kappa shape index (κ3) is 3.34. The van der Waals surface area contributed by atoms with Gasteiger partial charge < -0.3 is 9.47 Å². The van der Waals surface area contributed by atoms with E-state index in [1.807, 2.05) is 29.3 Å². The molecule has 0 spiro atoms. The molecule has 0 bridgehead atoms. The predicted octanol–water partition coefficient (Wildman–Crippen LogP) is 3.75. The van der Waals surface area contributed by atoms with Crippen molar-refractivity contribution in [2.45, 2.75) is 32.7 Å². The molecule has 0 aromatic carbocycles. The molecular formula is C21H24N4O. The van der Waals surface area contributed by atoms with Crippen molar-refractivity contribution in [3.05, 3.63) is 48.9 Å². The standard InChI is InChI=1S/C21H24N4O/c1-16-4-3-12-24(15-16)20(26)8-13-25-19(17-6-10-22-11-7-17)14-18-5-2-9-23-21(18)25/h2,5-7,9-11,14,16H,3-4,8,12-13,15H2,1H3. The van der Waals surface area contributed by atoms with Crippen molar-refractivity contribution in [2.24, 2.45) is 5.92 Å². The summed E-state index contributed by atoms with van der Waals surface area (Å²) in [5, 5.41) is 1.10. The molecule has 1 amide bonds. The zero-order chi connectivity index (χ0) is 17.9. The lowest BCUT2D eigenvalue weighted by molar-refractivity contribution is -0.133. The fourth-order valence-corrected chi connectivity index (χ4v) is 3.86. The van der Waals surface area contributed by atoms with Gasteiger partial charge in [0.15, 0.2) is 0 Å². The molecule has 1 fully saturated rings. The Morgan fingerprint density at radius 2 is 2.08 bits per heavy atom. The maximum atomic E-state index is 12.7. The number of aryl methyl sites for hydroxylation is 1. The number of fused-ring (bicyclic) bond motifs is 1. The number of aromatic nitrogens is 3. The molecule has 4 heterocycles. The smallest absolute Gasteiger partial charge is 0.224 e. The zero-order valence-electron chi connectivity index (χ0n) is 15.1. The van der Waals surface area contributed by atoms with E-state index < -0.39 is 0 Å². The molecule has 1 aliphatic heterocycles. The Bertz CT molecular complexity index is 903. The Morgan fingerprint density at radius 3 is 2.88 bits per heavy atom. The summed E-state index contributed by atoms with van der Waals surface area (Å²) in [4.78, 5) is 23.4. The minimum Gasteiger partial charge on any atom is -0.342 e. The first-order chi connectivity index (χ1) is 12.7. The van der Waals surface area contributed by atoms with Gasteiger partial charge in [-0.05, 0) is 49.1 Å². The predicted molar refractivity (Wildman–Crippen MR) is 103 cm³/mol. The number of amides is 1. The van der Waals surface area contributed by atoms with Crippen molar-refractivity contribution in [1.82, 2.24) is 19.4 Å². The first-order valence-electron chi connectivity index (χ1n) is 9.35. The van der Waals surface area contributed by atoms with Crippen molar-refractivity contribution in [1.29, 1.82) is 0 Å². The lowest BCUT2D eigenvalue weighted by Gasteiger charge is -2.31. The fraction of sp³-hybridized carbons (Fsp3) is 0.381. The summed E-state index contributed by atoms with van der Waals surface area (Å²) in [5.41, 5.74) is 3.11. The van der Waals surface area contributed by atoms with Crippen molar-refractivity contribution in [2.75, 3.05) is 13.1 Å². The number of piperidine rings is 1. The van der Waals surface area contributed by atoms with Crippen LogP contribution in [0.4, 0.5) is 0 Å². The molecule has 0 saturated carbocycles. The van der Waals surface area contributed by atoms with Crippen molar-refractivity contribution in [3.8, 4) is 11.3 Å². The van der Waals surface area contributed by atoms with Crippen LogP contribution in [0.5, 0.6) is 0 Å². The summed E-state index contributed by atoms with van der Waals surface area (Å²) in [7, 11) is 0. The minimum absolute atomic E-state index is 0.245. The van der Waals surface area contributed by atoms with Crippen LogP contribution in [0.2, 0.25) is 0 Å². The average Bonchev–Trinajstić information content (AvgIpc) is 3.05. The molecule has 5 heteroatoms. The monoisotopic (exact) mass is 348 g/mol. The van der Waals surface area contributed by atoms with Gasteiger partial charge >= 0.3 is 0 Å². The van der Waals surface area contributed by atoms with Gasteiger partial charge in [-0.15, -0.1) is 0 Å². The number of nitrogens with zero attached hydrogens (tertiary/aromatic N) is 4. The van der Waals surface area contributed by atoms with Crippen LogP contribution in [0.3, 0.4) is 0 Å². The zero-order valence-corrected chi connectivity index (χ0v) is 15.1. The van der Waals surface area contributed by atoms with Gasteiger partial charge in [-0.25, -0.2) is 4.98 Å². The highest BCUT2D eigenvalue weighted by atomic mass is 16.2. The molecule has 5 nitrogen and oxygen atoms in total. The molecule has 0 N–H and O–H groups in total. The number of hydrogen-bond donors (Lipinski definition) is 0. The molecule has 4 rings (SSSR count). The van der Waals surface area contributed by atoms with E-state index in [1.54, 1.807) is 12.4 Å². The number of carbonyl (C=O) groups excluding carboxylic acids is 1. The van der Waals surface area contributed by atoms with E-state index in [9.17, 15) is 4.79 Å². The van der Waals surface area contributed by atoms with Gasteiger partial charge in [-0.2, -0.15) is 0 Å². The number of rotatable bonds is 4. The largest absolute Gasteiger partial charge is 0.342 e. The second-order valence-electron chi connectivity index (χ2n) is 7.17. The van der Waals surface area contributed by atoms with Gasteiger partial charge in [0, 0.05) is 55.6 Å². The molecular weight excluding hydrogens is 324 g/mol. The van der Waals surface area contributed by atoms with Gasteiger partial charge in [-0.1, -0.05) is 6.92 Å². The Hall–Kier alpha value is -2.69. The van der Waals surface area contributed by atoms with E-state index in [2.05, 4.69) is 33.6 Å². The average molecular weight is 348 g/mol. The van der Waals surface area contributed by atoms with Crippen LogP contribution in [0.25, 0.3) is 22.3 Å². The van der Waals surface area contributed by atoms with E-state index in [1.165, 1.54) is 6.42 Å². The summed E-state index contributed by atoms with van der Waals surface area (Å²) < 4.78 is 2.16. The molecule has 1 aliphatic rings. The molecule has 0 radical (unpaired) electrons. The normalized spacial score (nSPS) is 17.6. The highest BCUT2D eigenvalue weighted by Gasteiger charge is 2.21. The Balaban J connectivity index is 1.60. The second kappa shape index (κ2) is 7.28. The minimum atomic E-state index is 0.245. The molecule has 134 valence electrons. The van der Waals surface area contributed by atoms with E-state index in [0.717, 1.165) is 41.8 Å². The maximum absolute atomic E-state index is 12.7. The second-order valence-corrected chi connectivity index (χ2v) is 7.17. The van der Waals surface area contributed by atoms with Gasteiger partial charge in [0.25, 0.3) is 0 Å². The molecule has 0 aliphatic carbocycles. The van der Waals surface area contributed by atoms with Crippen molar-refractivity contribution >= 4 is 16.9 Å². The van der Waals surface area contributed by atoms with Crippen LogP contribution < -0.4 is 0 Å². The molecule has 26 heavy (non-hydrogen) atoms. The highest BCUT2D eigenvalue weighted by molar-refractivity contribution is 5.84. The van der Waals surface area contributed by atoms with Gasteiger partial charge in [0.1, 0.15) is 5.65 Å². The van der Waals surface area contributed by atoms with E-state index in [0.29, 0.717) is 18.9 Å². The summed E-state index contributed by atoms with van der Waals surface area (Å²) in [6, 6.07) is 10.2. The topological polar surface area (TPSA) is 51.0 Å². The van der Waals surface area contributed by atoms with E-state index in [-0.39, 0.29) is 5.91 Å². The summed E-state index contributed by atoms with van der Waals surface area (Å²) in [5.74, 6) is 0.851. The number of likely N-dealkylation sites (tertiary alicyclic amines) is 1. The van der Waals surface area contributed by atoms with Crippen LogP contribution in [0.15, 0.2) is 48.9 Å². The number of hydrogen-bond acceptors (Lipinski definition) is 3. The van der Waals surface area contributed by atoms with Crippen LogP contribution in [-0.2, 0) is 11.3 Å². The van der Waals surface area contributed by atoms with Crippen LogP contribution in [0.1, 0.15) is 26.2 Å². The molecule has 1 unspecified atom stereocenters. The Kier molecular flexibility index (Phi) is 4.69. The summed E-state index contributed by atoms with van der Waals surface area (Å²) >= 11 is 0. The third-order valence-electron chi connectivity index (χ3n) is 5.19. The van der Waals surface area contributed by atoms with Crippen molar-refractivity contribution < 1.29 is 4.79 Å². The molecule has 3 aromatic heterocycles. The summed E-state index contributed by atoms with van der Waals surface area (Å²) in [6.07, 6.45) is 8.25. The first-order valence-corrected chi connectivity index (χ1v) is 9.35. The highest BCUT2D eigenvalue weighted by Crippen LogP contribution is 2.27. The SMILES string of the molecule is CC1CCCN(C(=O)CCn2c(-c3ccncc3)cc3cccnc32)C1. The quantitative estimate of drug-likeness (QED) is 0.721. The van der Waals surface area contributed by atoms with Gasteiger partial charge in [0.05, 0.1) is 5.69 Å². The van der Waals surface area contributed by atoms with Crippen LogP contribution in [-0.4, -0.2) is 38.4 Å². The lowest BCUT2D eigenvalue weighted by Crippen LogP contribution is -2.39. The maximum Gasteiger partial charge on any atom is 0.224 e.